The van der Waals surface area contributed by atoms with Crippen molar-refractivity contribution in [1.82, 2.24) is 0 Å². The number of aliphatic hydroxyl groups excluding tert-OH is 2. The van der Waals surface area contributed by atoms with Crippen LogP contribution in [-0.4, -0.2) is 33.1 Å². The van der Waals surface area contributed by atoms with Crippen LogP contribution in [0.2, 0.25) is 0 Å². The normalized spacial score (nSPS) is 47.7. The Kier molecular flexibility index (Phi) is 1.24. The van der Waals surface area contributed by atoms with E-state index in [1.807, 2.05) is 0 Å². The molecule has 2 aliphatic carbocycles. The second-order valence-corrected chi connectivity index (χ2v) is 3.07. The summed E-state index contributed by atoms with van der Waals surface area (Å²) in [5, 5.41) is 28.1. The van der Waals surface area contributed by atoms with Crippen LogP contribution < -0.4 is 0 Å². The highest BCUT2D eigenvalue weighted by Crippen LogP contribution is 2.43. The lowest BCUT2D eigenvalue weighted by Gasteiger charge is -2.48. The predicted octanol–water partition coefficient (Wildman–Crippen LogP) is -0.661. The minimum atomic E-state index is -1.38. The fourth-order valence-electron chi connectivity index (χ4n) is 1.62. The van der Waals surface area contributed by atoms with Crippen LogP contribution in [0.25, 0.3) is 0 Å². The van der Waals surface area contributed by atoms with Crippen LogP contribution in [0.3, 0.4) is 0 Å². The summed E-state index contributed by atoms with van der Waals surface area (Å²) in [4.78, 5) is 0. The first-order valence-electron chi connectivity index (χ1n) is 3.62. The van der Waals surface area contributed by atoms with Gasteiger partial charge in [-0.05, 0) is 5.57 Å². The Balaban J connectivity index is 2.36. The van der Waals surface area contributed by atoms with E-state index in [0.717, 1.165) is 5.57 Å². The Hall–Kier alpha value is -0.640. The van der Waals surface area contributed by atoms with Crippen molar-refractivity contribution < 1.29 is 15.3 Å². The van der Waals surface area contributed by atoms with Crippen molar-refractivity contribution in [2.75, 3.05) is 0 Å². The Morgan fingerprint density at radius 2 is 2.18 bits per heavy atom. The Labute approximate surface area is 64.3 Å². The molecule has 0 amide bonds. The molecular formula is C8H10O3. The van der Waals surface area contributed by atoms with Gasteiger partial charge in [0.2, 0.25) is 0 Å². The van der Waals surface area contributed by atoms with Crippen LogP contribution in [0.15, 0.2) is 23.8 Å². The summed E-state index contributed by atoms with van der Waals surface area (Å²) in [6, 6.07) is 0. The minimum absolute atomic E-state index is 0.470. The minimum Gasteiger partial charge on any atom is -0.389 e. The molecule has 3 atom stereocenters. The molecule has 2 aliphatic rings. The highest BCUT2D eigenvalue weighted by Gasteiger charge is 2.54. The lowest BCUT2D eigenvalue weighted by Crippen LogP contribution is -2.61. The monoisotopic (exact) mass is 154 g/mol. The molecule has 0 spiro atoms. The number of hydrogen-bond donors (Lipinski definition) is 3. The van der Waals surface area contributed by atoms with Gasteiger partial charge >= 0.3 is 0 Å². The fraction of sp³-hybridized carbons (Fsp3) is 0.500. The first-order valence-corrected chi connectivity index (χ1v) is 3.62. The molecule has 3 N–H and O–H groups in total. The molecular weight excluding hydrogens is 144 g/mol. The van der Waals surface area contributed by atoms with Crippen molar-refractivity contribution in [2.45, 2.75) is 24.2 Å². The molecule has 2 rings (SSSR count). The van der Waals surface area contributed by atoms with Gasteiger partial charge in [0.25, 0.3) is 0 Å². The lowest BCUT2D eigenvalue weighted by atomic mass is 9.66. The van der Waals surface area contributed by atoms with E-state index < -0.39 is 17.8 Å². The third-order valence-corrected chi connectivity index (χ3v) is 2.48. The molecule has 0 unspecified atom stereocenters. The van der Waals surface area contributed by atoms with Crippen molar-refractivity contribution in [2.24, 2.45) is 0 Å². The van der Waals surface area contributed by atoms with E-state index in [4.69, 9.17) is 0 Å². The van der Waals surface area contributed by atoms with Crippen molar-refractivity contribution >= 4 is 0 Å². The number of hydrogen-bond acceptors (Lipinski definition) is 3. The quantitative estimate of drug-likeness (QED) is 0.434. The standard InChI is InChI=1S/C8H10O3/c9-6-3-1-2-5-4-7(10)8(5,6)11/h1-3,6-7,9-11H,4H2/t6-,7-,8+/m0/s1. The average molecular weight is 154 g/mol. The van der Waals surface area contributed by atoms with E-state index in [2.05, 4.69) is 0 Å². The van der Waals surface area contributed by atoms with Crippen LogP contribution in [-0.2, 0) is 0 Å². The zero-order chi connectivity index (χ0) is 8.06. The molecule has 0 saturated heterocycles. The van der Waals surface area contributed by atoms with Crippen LogP contribution >= 0.6 is 0 Å². The molecule has 0 aromatic rings. The lowest BCUT2D eigenvalue weighted by molar-refractivity contribution is -0.145. The van der Waals surface area contributed by atoms with Gasteiger partial charge in [-0.15, -0.1) is 0 Å². The van der Waals surface area contributed by atoms with E-state index in [1.54, 1.807) is 12.2 Å². The predicted molar refractivity (Wildman–Crippen MR) is 38.8 cm³/mol. The van der Waals surface area contributed by atoms with Crippen molar-refractivity contribution in [3.8, 4) is 0 Å². The van der Waals surface area contributed by atoms with E-state index in [9.17, 15) is 15.3 Å². The largest absolute Gasteiger partial charge is 0.389 e. The molecule has 1 saturated carbocycles. The number of aliphatic hydroxyl groups is 3. The van der Waals surface area contributed by atoms with Gasteiger partial charge in [-0.25, -0.2) is 0 Å². The Bertz CT molecular complexity index is 244. The molecule has 1 fully saturated rings. The van der Waals surface area contributed by atoms with Crippen LogP contribution in [0.5, 0.6) is 0 Å². The third-order valence-electron chi connectivity index (χ3n) is 2.48. The maximum atomic E-state index is 9.65. The molecule has 0 heterocycles. The second-order valence-electron chi connectivity index (χ2n) is 3.07. The molecule has 0 aromatic carbocycles. The summed E-state index contributed by atoms with van der Waals surface area (Å²) < 4.78 is 0. The molecule has 0 bridgehead atoms. The van der Waals surface area contributed by atoms with Gasteiger partial charge in [0, 0.05) is 6.42 Å². The highest BCUT2D eigenvalue weighted by molar-refractivity contribution is 5.40. The number of fused-ring (bicyclic) bond motifs is 1. The smallest absolute Gasteiger partial charge is 0.141 e. The van der Waals surface area contributed by atoms with Gasteiger partial charge in [0.05, 0.1) is 6.10 Å². The summed E-state index contributed by atoms with van der Waals surface area (Å²) in [5.41, 5.74) is -0.658. The molecule has 3 heteroatoms. The van der Waals surface area contributed by atoms with Crippen LogP contribution in [0, 0.1) is 0 Å². The molecule has 0 aliphatic heterocycles. The van der Waals surface area contributed by atoms with E-state index in [-0.39, 0.29) is 0 Å². The molecule has 0 radical (unpaired) electrons. The summed E-state index contributed by atoms with van der Waals surface area (Å²) in [6.45, 7) is 0. The molecule has 3 nitrogen and oxygen atoms in total. The average Bonchev–Trinajstić information content (AvgIpc) is 1.99. The zero-order valence-electron chi connectivity index (χ0n) is 5.94. The van der Waals surface area contributed by atoms with Gasteiger partial charge < -0.3 is 15.3 Å². The van der Waals surface area contributed by atoms with Gasteiger partial charge in [0.15, 0.2) is 0 Å². The van der Waals surface area contributed by atoms with Crippen LogP contribution in [0.4, 0.5) is 0 Å². The van der Waals surface area contributed by atoms with Gasteiger partial charge in [-0.3, -0.25) is 0 Å². The fourth-order valence-corrected chi connectivity index (χ4v) is 1.62. The summed E-state index contributed by atoms with van der Waals surface area (Å²) >= 11 is 0. The van der Waals surface area contributed by atoms with Crippen molar-refractivity contribution in [1.29, 1.82) is 0 Å². The molecule has 0 aromatic heterocycles. The highest BCUT2D eigenvalue weighted by atomic mass is 16.4. The second kappa shape index (κ2) is 1.94. The summed E-state index contributed by atoms with van der Waals surface area (Å²) in [7, 11) is 0. The first kappa shape index (κ1) is 7.03. The van der Waals surface area contributed by atoms with Gasteiger partial charge in [-0.2, -0.15) is 0 Å². The van der Waals surface area contributed by atoms with Gasteiger partial charge in [0.1, 0.15) is 11.7 Å². The topological polar surface area (TPSA) is 60.7 Å². The van der Waals surface area contributed by atoms with E-state index in [1.165, 1.54) is 6.08 Å². The summed E-state index contributed by atoms with van der Waals surface area (Å²) in [6.07, 6.45) is 3.61. The third kappa shape index (κ3) is 0.677. The Morgan fingerprint density at radius 1 is 1.45 bits per heavy atom. The molecule has 60 valence electrons. The van der Waals surface area contributed by atoms with E-state index >= 15 is 0 Å². The SMILES string of the molecule is O[C@H]1C=CC=C2C[C@H](O)[C@@]21O. The number of rotatable bonds is 0. The number of allylic oxidation sites excluding steroid dienone is 2. The van der Waals surface area contributed by atoms with E-state index in [0.29, 0.717) is 6.42 Å². The summed E-state index contributed by atoms with van der Waals surface area (Å²) in [5.74, 6) is 0. The maximum absolute atomic E-state index is 9.65. The van der Waals surface area contributed by atoms with Gasteiger partial charge in [-0.1, -0.05) is 18.2 Å². The van der Waals surface area contributed by atoms with Crippen molar-refractivity contribution in [3.63, 3.8) is 0 Å². The van der Waals surface area contributed by atoms with Crippen molar-refractivity contribution in [3.05, 3.63) is 23.8 Å². The zero-order valence-corrected chi connectivity index (χ0v) is 5.94. The Morgan fingerprint density at radius 3 is 2.64 bits per heavy atom. The maximum Gasteiger partial charge on any atom is 0.141 e. The van der Waals surface area contributed by atoms with Crippen LogP contribution in [0.1, 0.15) is 6.42 Å². The molecule has 11 heavy (non-hydrogen) atoms. The first-order chi connectivity index (χ1) is 5.15.